The van der Waals surface area contributed by atoms with Crippen molar-refractivity contribution in [3.63, 3.8) is 0 Å². The molecule has 10 heteroatoms. The molecule has 0 spiro atoms. The van der Waals surface area contributed by atoms with Crippen molar-refractivity contribution in [3.8, 4) is 0 Å². The number of rotatable bonds is 0. The molecule has 0 saturated carbocycles. The molecule has 0 aliphatic heterocycles. The molecule has 0 heterocycles. The van der Waals surface area contributed by atoms with E-state index in [2.05, 4.69) is 0 Å². The molecule has 8 nitrogen and oxygen atoms in total. The number of hydrogen-bond donors (Lipinski definition) is 4. The van der Waals surface area contributed by atoms with E-state index >= 15 is 0 Å². The molecule has 0 aromatic heterocycles. The molecule has 0 aromatic carbocycles. The van der Waals surface area contributed by atoms with Gasteiger partial charge in [-0.25, -0.2) is 0 Å². The van der Waals surface area contributed by atoms with Crippen molar-refractivity contribution >= 4 is 25.9 Å². The summed E-state index contributed by atoms with van der Waals surface area (Å²) in [6.45, 7) is 2.00. The summed E-state index contributed by atoms with van der Waals surface area (Å²) < 4.78 is 0. The van der Waals surface area contributed by atoms with Crippen LogP contribution in [0.25, 0.3) is 0 Å². The van der Waals surface area contributed by atoms with Crippen molar-refractivity contribution in [1.82, 2.24) is 0 Å². The van der Waals surface area contributed by atoms with E-state index in [1.165, 1.54) is 0 Å². The molecular formula is C4H4CoKO8. The summed E-state index contributed by atoms with van der Waals surface area (Å²) in [4.78, 5) is 32.9. The quantitative estimate of drug-likeness (QED) is 0.255. The monoisotopic (exact) mass is 278 g/mol. The SMILES string of the molecule is O=[C-]O.O=[C-]O.O=[C-]O.O=[C-]O.[Co+3].[K+]. The summed E-state index contributed by atoms with van der Waals surface area (Å²) in [7, 11) is 0. The molecule has 0 aliphatic rings. The predicted molar refractivity (Wildman–Crippen MR) is 33.3 cm³/mol. The van der Waals surface area contributed by atoms with Crippen LogP contribution in [0.1, 0.15) is 0 Å². The summed E-state index contributed by atoms with van der Waals surface area (Å²) in [5.74, 6) is 0. The van der Waals surface area contributed by atoms with Gasteiger partial charge in [-0.3, -0.25) is 0 Å². The molecule has 0 fully saturated rings. The van der Waals surface area contributed by atoms with Gasteiger partial charge in [0.2, 0.25) is 0 Å². The van der Waals surface area contributed by atoms with Crippen molar-refractivity contribution < 1.29 is 108 Å². The van der Waals surface area contributed by atoms with Gasteiger partial charge in [-0.15, -0.1) is 0 Å². The van der Waals surface area contributed by atoms with E-state index in [1.54, 1.807) is 0 Å². The Morgan fingerprint density at radius 2 is 0.571 bits per heavy atom. The van der Waals surface area contributed by atoms with Gasteiger partial charge in [0.15, 0.2) is 0 Å². The van der Waals surface area contributed by atoms with E-state index in [-0.39, 0.29) is 68.2 Å². The normalized spacial score (nSPS) is 3.43. The fourth-order valence-electron chi connectivity index (χ4n) is 0. The van der Waals surface area contributed by atoms with Crippen LogP contribution in [0, 0.1) is 0 Å². The summed E-state index contributed by atoms with van der Waals surface area (Å²) in [6, 6.07) is 0. The summed E-state index contributed by atoms with van der Waals surface area (Å²) in [5.41, 5.74) is 0. The zero-order chi connectivity index (χ0) is 10.8. The largest absolute Gasteiger partial charge is 3.00 e. The van der Waals surface area contributed by atoms with Crippen LogP contribution in [-0.2, 0) is 36.0 Å². The van der Waals surface area contributed by atoms with Crippen molar-refractivity contribution in [2.75, 3.05) is 0 Å². The first kappa shape index (κ1) is 36.9. The van der Waals surface area contributed by atoms with E-state index in [4.69, 9.17) is 39.6 Å². The molecule has 14 heavy (non-hydrogen) atoms. The molecule has 0 radical (unpaired) electrons. The van der Waals surface area contributed by atoms with Crippen LogP contribution in [-0.4, -0.2) is 46.3 Å². The molecule has 0 unspecified atom stereocenters. The number of aliphatic hydroxyl groups excluding tert-OH is 4. The Morgan fingerprint density at radius 1 is 0.571 bits per heavy atom. The molecular weight excluding hydrogens is 274 g/mol. The Kier molecular flexibility index (Phi) is 307. The van der Waals surface area contributed by atoms with Crippen LogP contribution in [0.2, 0.25) is 0 Å². The standard InChI is InChI=1S/4CHO2.Co.K/c4*2-1-3;;/h4*(H,2,3);;/q4*-1;+3;+1. The zero-order valence-corrected chi connectivity index (χ0v) is 10.9. The summed E-state index contributed by atoms with van der Waals surface area (Å²) in [6.07, 6.45) is 0. The second kappa shape index (κ2) is 116. The van der Waals surface area contributed by atoms with Gasteiger partial charge in [0.05, 0.1) is 0 Å². The van der Waals surface area contributed by atoms with E-state index in [1.807, 2.05) is 0 Å². The third-order valence-corrected chi connectivity index (χ3v) is 0. The molecule has 0 atom stereocenters. The third kappa shape index (κ3) is 2800000. The van der Waals surface area contributed by atoms with E-state index in [0.717, 1.165) is 0 Å². The molecule has 0 bridgehead atoms. The Hall–Kier alpha value is 0.0229. The van der Waals surface area contributed by atoms with Crippen LogP contribution >= 0.6 is 0 Å². The molecule has 0 aliphatic carbocycles. The van der Waals surface area contributed by atoms with Crippen molar-refractivity contribution in [3.05, 3.63) is 0 Å². The molecule has 0 saturated heterocycles. The van der Waals surface area contributed by atoms with Gasteiger partial charge in [0.25, 0.3) is 0 Å². The van der Waals surface area contributed by atoms with Gasteiger partial charge in [0, 0.05) is 0 Å². The van der Waals surface area contributed by atoms with Gasteiger partial charge in [0.1, 0.15) is 0 Å². The summed E-state index contributed by atoms with van der Waals surface area (Å²) >= 11 is 0. The van der Waals surface area contributed by atoms with E-state index in [9.17, 15) is 0 Å². The van der Waals surface area contributed by atoms with Gasteiger partial charge in [-0.05, 0) is 0 Å². The van der Waals surface area contributed by atoms with Crippen LogP contribution < -0.4 is 51.4 Å². The molecule has 0 amide bonds. The van der Waals surface area contributed by atoms with Crippen LogP contribution in [0.3, 0.4) is 0 Å². The van der Waals surface area contributed by atoms with Crippen molar-refractivity contribution in [1.29, 1.82) is 0 Å². The van der Waals surface area contributed by atoms with E-state index in [0.29, 0.717) is 25.9 Å². The topological polar surface area (TPSA) is 149 Å². The van der Waals surface area contributed by atoms with Crippen molar-refractivity contribution in [2.24, 2.45) is 0 Å². The minimum absolute atomic E-state index is 0. The second-order valence-electron chi connectivity index (χ2n) is 0.365. The van der Waals surface area contributed by atoms with E-state index < -0.39 is 0 Å². The van der Waals surface area contributed by atoms with Crippen LogP contribution in [0.15, 0.2) is 0 Å². The van der Waals surface area contributed by atoms with Crippen LogP contribution in [0.4, 0.5) is 0 Å². The fourth-order valence-corrected chi connectivity index (χ4v) is 0. The predicted octanol–water partition coefficient (Wildman–Crippen LogP) is -4.55. The second-order valence-corrected chi connectivity index (χ2v) is 0.365. The van der Waals surface area contributed by atoms with Gasteiger partial charge >= 0.3 is 68.2 Å². The maximum atomic E-state index is 8.24. The third-order valence-electron chi connectivity index (χ3n) is 0. The Bertz CT molecular complexity index is 75.3. The average molecular weight is 278 g/mol. The maximum Gasteiger partial charge on any atom is 3.00 e. The first-order chi connectivity index (χ1) is 5.66. The maximum absolute atomic E-state index is 8.24. The van der Waals surface area contributed by atoms with Gasteiger partial charge in [-0.2, -0.15) is 0 Å². The first-order valence-corrected chi connectivity index (χ1v) is 1.71. The Balaban J connectivity index is -0.0000000145. The molecule has 0 aromatic rings. The van der Waals surface area contributed by atoms with Gasteiger partial charge in [-0.1, -0.05) is 25.9 Å². The van der Waals surface area contributed by atoms with Crippen molar-refractivity contribution in [2.45, 2.75) is 0 Å². The first-order valence-electron chi connectivity index (χ1n) is 1.71. The van der Waals surface area contributed by atoms with Crippen LogP contribution in [0.5, 0.6) is 0 Å². The zero-order valence-electron chi connectivity index (χ0n) is 6.76. The molecule has 0 rings (SSSR count). The summed E-state index contributed by atoms with van der Waals surface area (Å²) in [5, 5.41) is 27.1. The number of hydrogen-bond acceptors (Lipinski definition) is 4. The molecule has 4 N–H and O–H groups in total. The smallest absolute Gasteiger partial charge is 0.665 e. The minimum Gasteiger partial charge on any atom is -0.665 e. The Morgan fingerprint density at radius 3 is 0.571 bits per heavy atom. The minimum atomic E-state index is 0. The average Bonchev–Trinajstić information content (AvgIpc) is 1.92. The molecule has 78 valence electrons. The Labute approximate surface area is 132 Å². The fraction of sp³-hybridized carbons (Fsp3) is 0. The van der Waals surface area contributed by atoms with Gasteiger partial charge < -0.3 is 39.6 Å².